The fraction of sp³-hybridized carbons (Fsp3) is 0.333. The molecule has 0 aliphatic heterocycles. The van der Waals surface area contributed by atoms with Crippen LogP contribution in [0.3, 0.4) is 0 Å². The Hall–Kier alpha value is -1.97. The Bertz CT molecular complexity index is 603. The summed E-state index contributed by atoms with van der Waals surface area (Å²) in [6.45, 7) is 0.910. The summed E-state index contributed by atoms with van der Waals surface area (Å²) in [4.78, 5) is 25.1. The van der Waals surface area contributed by atoms with Crippen molar-refractivity contribution in [3.8, 4) is 0 Å². The van der Waals surface area contributed by atoms with Crippen LogP contribution in [0.2, 0.25) is 0 Å². The zero-order valence-corrected chi connectivity index (χ0v) is 12.2. The van der Waals surface area contributed by atoms with Crippen molar-refractivity contribution in [2.45, 2.75) is 13.0 Å². The van der Waals surface area contributed by atoms with Gasteiger partial charge in [0.2, 0.25) is 10.0 Å². The summed E-state index contributed by atoms with van der Waals surface area (Å²) < 4.78 is 23.2. The van der Waals surface area contributed by atoms with E-state index in [1.165, 1.54) is 19.1 Å². The standard InChI is InChI=1S/C12H17N3O5S/c1-2-21(19,20)14-15(8-10(13)12(17)18)11(16)9-6-4-3-5-7-9/h3-7,10,14H,2,8,13H2,1H3,(H,17,18)/t10-/m0/s1. The van der Waals surface area contributed by atoms with Crippen molar-refractivity contribution < 1.29 is 23.1 Å². The number of sulfonamides is 1. The van der Waals surface area contributed by atoms with Crippen molar-refractivity contribution in [2.24, 2.45) is 5.73 Å². The topological polar surface area (TPSA) is 130 Å². The highest BCUT2D eigenvalue weighted by atomic mass is 32.2. The van der Waals surface area contributed by atoms with E-state index in [-0.39, 0.29) is 11.3 Å². The van der Waals surface area contributed by atoms with Gasteiger partial charge in [-0.2, -0.15) is 0 Å². The molecule has 1 amide bonds. The van der Waals surface area contributed by atoms with E-state index in [0.29, 0.717) is 5.01 Å². The minimum Gasteiger partial charge on any atom is -0.480 e. The molecule has 0 saturated carbocycles. The molecule has 8 nitrogen and oxygen atoms in total. The Morgan fingerprint density at radius 3 is 2.38 bits per heavy atom. The zero-order chi connectivity index (χ0) is 16.0. The number of carboxylic acid groups (broad SMARTS) is 1. The van der Waals surface area contributed by atoms with Crippen molar-refractivity contribution in [3.05, 3.63) is 35.9 Å². The number of nitrogens with zero attached hydrogens (tertiary/aromatic N) is 1. The molecule has 0 spiro atoms. The van der Waals surface area contributed by atoms with E-state index in [0.717, 1.165) is 0 Å². The first-order valence-corrected chi connectivity index (χ1v) is 7.77. The van der Waals surface area contributed by atoms with E-state index in [1.807, 2.05) is 4.83 Å². The van der Waals surface area contributed by atoms with Gasteiger partial charge in [-0.1, -0.05) is 18.2 Å². The molecule has 116 valence electrons. The lowest BCUT2D eigenvalue weighted by molar-refractivity contribution is -0.138. The van der Waals surface area contributed by atoms with Gasteiger partial charge in [0.1, 0.15) is 6.04 Å². The highest BCUT2D eigenvalue weighted by Crippen LogP contribution is 2.04. The van der Waals surface area contributed by atoms with E-state index < -0.39 is 34.5 Å². The Morgan fingerprint density at radius 2 is 1.90 bits per heavy atom. The van der Waals surface area contributed by atoms with Gasteiger partial charge in [0, 0.05) is 5.56 Å². The summed E-state index contributed by atoms with van der Waals surface area (Å²) in [6, 6.07) is 6.48. The highest BCUT2D eigenvalue weighted by molar-refractivity contribution is 7.89. The molecule has 1 rings (SSSR count). The van der Waals surface area contributed by atoms with E-state index in [9.17, 15) is 18.0 Å². The molecule has 0 bridgehead atoms. The number of rotatable bonds is 7. The van der Waals surface area contributed by atoms with Crippen molar-refractivity contribution in [3.63, 3.8) is 0 Å². The van der Waals surface area contributed by atoms with E-state index in [4.69, 9.17) is 10.8 Å². The number of carbonyl (C=O) groups excluding carboxylic acids is 1. The molecule has 4 N–H and O–H groups in total. The first-order chi connectivity index (χ1) is 9.76. The van der Waals surface area contributed by atoms with Crippen molar-refractivity contribution in [1.82, 2.24) is 9.84 Å². The van der Waals surface area contributed by atoms with Crippen LogP contribution >= 0.6 is 0 Å². The summed E-state index contributed by atoms with van der Waals surface area (Å²) in [6.07, 6.45) is 0. The van der Waals surface area contributed by atoms with Crippen LogP contribution in [0.25, 0.3) is 0 Å². The molecule has 9 heteroatoms. The van der Waals surface area contributed by atoms with Crippen molar-refractivity contribution in [1.29, 1.82) is 0 Å². The lowest BCUT2D eigenvalue weighted by atomic mass is 10.2. The maximum absolute atomic E-state index is 12.2. The van der Waals surface area contributed by atoms with Gasteiger partial charge in [-0.15, -0.1) is 4.83 Å². The molecule has 0 aliphatic carbocycles. The van der Waals surface area contributed by atoms with Gasteiger partial charge in [-0.05, 0) is 19.1 Å². The van der Waals surface area contributed by atoms with Gasteiger partial charge in [0.25, 0.3) is 5.91 Å². The van der Waals surface area contributed by atoms with Gasteiger partial charge in [-0.3, -0.25) is 14.6 Å². The second kappa shape index (κ2) is 7.16. The van der Waals surface area contributed by atoms with Crippen LogP contribution in [0, 0.1) is 0 Å². The van der Waals surface area contributed by atoms with Crippen LogP contribution in [-0.2, 0) is 14.8 Å². The average molecular weight is 315 g/mol. The van der Waals surface area contributed by atoms with Crippen LogP contribution in [0.1, 0.15) is 17.3 Å². The van der Waals surface area contributed by atoms with Crippen LogP contribution in [0.4, 0.5) is 0 Å². The third-order valence-corrected chi connectivity index (χ3v) is 3.85. The van der Waals surface area contributed by atoms with Gasteiger partial charge >= 0.3 is 5.97 Å². The van der Waals surface area contributed by atoms with Gasteiger partial charge in [0.05, 0.1) is 12.3 Å². The van der Waals surface area contributed by atoms with E-state index >= 15 is 0 Å². The average Bonchev–Trinajstić information content (AvgIpc) is 2.46. The number of hydrogen-bond acceptors (Lipinski definition) is 5. The molecule has 1 atom stereocenters. The third-order valence-electron chi connectivity index (χ3n) is 2.59. The monoisotopic (exact) mass is 315 g/mol. The Morgan fingerprint density at radius 1 is 1.33 bits per heavy atom. The lowest BCUT2D eigenvalue weighted by Gasteiger charge is -2.24. The molecule has 0 aliphatic rings. The van der Waals surface area contributed by atoms with Crippen molar-refractivity contribution >= 4 is 21.9 Å². The van der Waals surface area contributed by atoms with Gasteiger partial charge in [0.15, 0.2) is 0 Å². The molecule has 0 heterocycles. The molecular formula is C12H17N3O5S. The minimum atomic E-state index is -3.74. The molecular weight excluding hydrogens is 298 g/mol. The first kappa shape index (κ1) is 17.1. The number of aliphatic carboxylic acids is 1. The predicted molar refractivity (Wildman–Crippen MR) is 75.7 cm³/mol. The third kappa shape index (κ3) is 5.14. The number of hydrazine groups is 1. The normalized spacial score (nSPS) is 12.7. The Balaban J connectivity index is 3.01. The summed E-state index contributed by atoms with van der Waals surface area (Å²) in [7, 11) is -3.74. The molecule has 0 aromatic heterocycles. The predicted octanol–water partition coefficient (Wildman–Crippen LogP) is -0.605. The molecule has 0 radical (unpaired) electrons. The maximum Gasteiger partial charge on any atom is 0.322 e. The SMILES string of the molecule is CCS(=O)(=O)NN(C[C@H](N)C(=O)O)C(=O)c1ccccc1. The summed E-state index contributed by atoms with van der Waals surface area (Å²) >= 11 is 0. The molecule has 0 fully saturated rings. The Labute approximate surface area is 122 Å². The van der Waals surface area contributed by atoms with Crippen LogP contribution < -0.4 is 10.6 Å². The summed E-state index contributed by atoms with van der Waals surface area (Å²) in [5, 5.41) is 9.50. The largest absolute Gasteiger partial charge is 0.480 e. The highest BCUT2D eigenvalue weighted by Gasteiger charge is 2.25. The number of nitrogens with two attached hydrogens (primary N) is 1. The van der Waals surface area contributed by atoms with Crippen LogP contribution in [-0.4, -0.2) is 48.7 Å². The molecule has 1 aromatic carbocycles. The first-order valence-electron chi connectivity index (χ1n) is 6.12. The smallest absolute Gasteiger partial charge is 0.322 e. The molecule has 0 unspecified atom stereocenters. The molecule has 21 heavy (non-hydrogen) atoms. The number of carboxylic acids is 1. The van der Waals surface area contributed by atoms with Crippen LogP contribution in [0.15, 0.2) is 30.3 Å². The number of hydrogen-bond donors (Lipinski definition) is 3. The summed E-state index contributed by atoms with van der Waals surface area (Å²) in [5.41, 5.74) is 5.58. The number of carbonyl (C=O) groups is 2. The number of nitrogens with one attached hydrogen (secondary N) is 1. The van der Waals surface area contributed by atoms with Gasteiger partial charge in [-0.25, -0.2) is 8.42 Å². The lowest BCUT2D eigenvalue weighted by Crippen LogP contribution is -2.53. The quantitative estimate of drug-likeness (QED) is 0.576. The van der Waals surface area contributed by atoms with E-state index in [1.54, 1.807) is 18.2 Å². The zero-order valence-electron chi connectivity index (χ0n) is 11.4. The second-order valence-corrected chi connectivity index (χ2v) is 6.21. The number of amides is 1. The second-order valence-electron chi connectivity index (χ2n) is 4.22. The summed E-state index contributed by atoms with van der Waals surface area (Å²) in [5.74, 6) is -2.27. The molecule has 1 aromatic rings. The maximum atomic E-state index is 12.2. The minimum absolute atomic E-state index is 0.217. The van der Waals surface area contributed by atoms with E-state index in [2.05, 4.69) is 0 Å². The van der Waals surface area contributed by atoms with Crippen molar-refractivity contribution in [2.75, 3.05) is 12.3 Å². The van der Waals surface area contributed by atoms with Gasteiger partial charge < -0.3 is 10.8 Å². The Kier molecular flexibility index (Phi) is 5.82. The fourth-order valence-electron chi connectivity index (χ4n) is 1.41. The fourth-order valence-corrected chi connectivity index (χ4v) is 2.03. The number of benzene rings is 1. The molecule has 0 saturated heterocycles. The van der Waals surface area contributed by atoms with Crippen LogP contribution in [0.5, 0.6) is 0 Å².